The lowest BCUT2D eigenvalue weighted by Crippen LogP contribution is -2.48. The topological polar surface area (TPSA) is 125 Å². The maximum absolute atomic E-state index is 13.6. The van der Waals surface area contributed by atoms with Gasteiger partial charge in [-0.25, -0.2) is 14.8 Å². The van der Waals surface area contributed by atoms with Gasteiger partial charge in [-0.1, -0.05) is 25.5 Å². The van der Waals surface area contributed by atoms with E-state index in [2.05, 4.69) is 9.97 Å². The summed E-state index contributed by atoms with van der Waals surface area (Å²) in [6.45, 7) is 8.20. The van der Waals surface area contributed by atoms with Gasteiger partial charge in [-0.15, -0.1) is 0 Å². The van der Waals surface area contributed by atoms with Crippen LogP contribution in [0, 0.1) is 10.1 Å². The van der Waals surface area contributed by atoms with Crippen LogP contribution in [0.25, 0.3) is 11.4 Å². The molecule has 1 aliphatic heterocycles. The molecule has 1 saturated heterocycles. The Balaban J connectivity index is 2.19. The number of aromatic nitrogens is 2. The highest BCUT2D eigenvalue weighted by atomic mass is 16.6. The average molecular weight is 456 g/mol. The standard InChI is InChI=1S/C23H28N4O6/c1-5-8-18-19(23(29)32-6-2)20(22(28)26-12-14(3)33-15(4)13-26)25-21(24-18)16-9-7-10-17(11-16)27(30)31/h7,9-11,14-15H,5-6,8,12-13H2,1-4H3. The molecule has 0 spiro atoms. The molecule has 2 unspecified atom stereocenters. The van der Waals surface area contributed by atoms with Crippen LogP contribution in [-0.4, -0.2) is 63.6 Å². The molecule has 176 valence electrons. The predicted octanol–water partition coefficient (Wildman–Crippen LogP) is 3.43. The van der Waals surface area contributed by atoms with Crippen LogP contribution >= 0.6 is 0 Å². The number of carbonyl (C=O) groups is 2. The van der Waals surface area contributed by atoms with E-state index in [9.17, 15) is 19.7 Å². The number of nitro groups is 1. The molecule has 33 heavy (non-hydrogen) atoms. The van der Waals surface area contributed by atoms with Gasteiger partial charge in [-0.3, -0.25) is 14.9 Å². The van der Waals surface area contributed by atoms with Crippen LogP contribution in [0.3, 0.4) is 0 Å². The Morgan fingerprint density at radius 3 is 2.52 bits per heavy atom. The molecule has 2 heterocycles. The van der Waals surface area contributed by atoms with Crippen molar-refractivity contribution in [2.24, 2.45) is 0 Å². The molecule has 1 fully saturated rings. The highest BCUT2D eigenvalue weighted by Gasteiger charge is 2.33. The molecule has 0 aliphatic carbocycles. The summed E-state index contributed by atoms with van der Waals surface area (Å²) in [6.07, 6.45) is 0.736. The number of ether oxygens (including phenoxy) is 2. The maximum atomic E-state index is 13.6. The van der Waals surface area contributed by atoms with Crippen molar-refractivity contribution >= 4 is 17.6 Å². The first-order valence-electron chi connectivity index (χ1n) is 11.0. The number of carbonyl (C=O) groups excluding carboxylic acids is 2. The molecule has 2 atom stereocenters. The molecular weight excluding hydrogens is 428 g/mol. The summed E-state index contributed by atoms with van der Waals surface area (Å²) >= 11 is 0. The van der Waals surface area contributed by atoms with E-state index in [0.29, 0.717) is 37.2 Å². The third kappa shape index (κ3) is 5.51. The molecule has 10 nitrogen and oxygen atoms in total. The molecule has 1 aromatic heterocycles. The molecule has 0 saturated carbocycles. The van der Waals surface area contributed by atoms with Gasteiger partial charge < -0.3 is 14.4 Å². The number of nitrogens with zero attached hydrogens (tertiary/aromatic N) is 4. The van der Waals surface area contributed by atoms with Crippen molar-refractivity contribution < 1.29 is 24.0 Å². The number of benzene rings is 1. The molecule has 1 amide bonds. The summed E-state index contributed by atoms with van der Waals surface area (Å²) in [5.41, 5.74) is 0.630. The number of hydrogen-bond acceptors (Lipinski definition) is 8. The van der Waals surface area contributed by atoms with Crippen LogP contribution in [0.4, 0.5) is 5.69 Å². The van der Waals surface area contributed by atoms with E-state index >= 15 is 0 Å². The van der Waals surface area contributed by atoms with Gasteiger partial charge in [0.15, 0.2) is 5.82 Å². The van der Waals surface area contributed by atoms with Gasteiger partial charge in [0.1, 0.15) is 11.3 Å². The number of hydrogen-bond donors (Lipinski definition) is 0. The van der Waals surface area contributed by atoms with Gasteiger partial charge in [0, 0.05) is 30.8 Å². The van der Waals surface area contributed by atoms with E-state index < -0.39 is 16.8 Å². The summed E-state index contributed by atoms with van der Waals surface area (Å²) in [5, 5.41) is 11.2. The number of aryl methyl sites for hydroxylation is 1. The summed E-state index contributed by atoms with van der Waals surface area (Å²) in [7, 11) is 0. The smallest absolute Gasteiger partial charge is 0.342 e. The van der Waals surface area contributed by atoms with Crippen LogP contribution in [0.2, 0.25) is 0 Å². The highest BCUT2D eigenvalue weighted by molar-refractivity contribution is 6.05. The largest absolute Gasteiger partial charge is 0.462 e. The van der Waals surface area contributed by atoms with Crippen LogP contribution in [-0.2, 0) is 15.9 Å². The normalized spacial score (nSPS) is 18.1. The molecule has 3 rings (SSSR count). The Bertz CT molecular complexity index is 1050. The SMILES string of the molecule is CCCc1nc(-c2cccc([N+](=O)[O-])c2)nc(C(=O)N2CC(C)OC(C)C2)c1C(=O)OCC. The number of nitro benzene ring substituents is 1. The summed E-state index contributed by atoms with van der Waals surface area (Å²) in [4.78, 5) is 47.8. The lowest BCUT2D eigenvalue weighted by Gasteiger charge is -2.35. The molecule has 1 aliphatic rings. The fraction of sp³-hybridized carbons (Fsp3) is 0.478. The minimum Gasteiger partial charge on any atom is -0.462 e. The molecule has 0 radical (unpaired) electrons. The first-order valence-corrected chi connectivity index (χ1v) is 11.0. The van der Waals surface area contributed by atoms with Crippen LogP contribution in [0.15, 0.2) is 24.3 Å². The number of esters is 1. The predicted molar refractivity (Wildman–Crippen MR) is 120 cm³/mol. The van der Waals surface area contributed by atoms with Crippen molar-refractivity contribution in [2.75, 3.05) is 19.7 Å². The quantitative estimate of drug-likeness (QED) is 0.352. The monoisotopic (exact) mass is 456 g/mol. The van der Waals surface area contributed by atoms with Crippen molar-refractivity contribution in [3.8, 4) is 11.4 Å². The lowest BCUT2D eigenvalue weighted by molar-refractivity contribution is -0.384. The van der Waals surface area contributed by atoms with E-state index in [1.165, 1.54) is 18.2 Å². The first-order chi connectivity index (χ1) is 15.7. The van der Waals surface area contributed by atoms with Gasteiger partial charge >= 0.3 is 5.97 Å². The number of morpholine rings is 1. The number of rotatable bonds is 7. The zero-order chi connectivity index (χ0) is 24.1. The van der Waals surface area contributed by atoms with E-state index in [1.807, 2.05) is 20.8 Å². The van der Waals surface area contributed by atoms with E-state index in [0.717, 1.165) is 0 Å². The van der Waals surface area contributed by atoms with Crippen LogP contribution in [0.5, 0.6) is 0 Å². The Labute approximate surface area is 192 Å². The Hall–Kier alpha value is -3.40. The third-order valence-electron chi connectivity index (χ3n) is 5.17. The Morgan fingerprint density at radius 2 is 1.91 bits per heavy atom. The van der Waals surface area contributed by atoms with Crippen molar-refractivity contribution in [1.29, 1.82) is 0 Å². The van der Waals surface area contributed by atoms with Crippen molar-refractivity contribution in [2.45, 2.75) is 52.7 Å². The van der Waals surface area contributed by atoms with Gasteiger partial charge in [0.25, 0.3) is 11.6 Å². The fourth-order valence-corrected chi connectivity index (χ4v) is 3.88. The van der Waals surface area contributed by atoms with Crippen LogP contribution < -0.4 is 0 Å². The Kier molecular flexibility index (Phi) is 7.70. The highest BCUT2D eigenvalue weighted by Crippen LogP contribution is 2.26. The maximum Gasteiger partial charge on any atom is 0.342 e. The van der Waals surface area contributed by atoms with E-state index in [1.54, 1.807) is 17.9 Å². The van der Waals surface area contributed by atoms with E-state index in [-0.39, 0.29) is 41.6 Å². The lowest BCUT2D eigenvalue weighted by atomic mass is 10.0. The second-order valence-corrected chi connectivity index (χ2v) is 7.96. The van der Waals surface area contributed by atoms with Gasteiger partial charge in [0.2, 0.25) is 0 Å². The van der Waals surface area contributed by atoms with Crippen molar-refractivity contribution in [1.82, 2.24) is 14.9 Å². The molecule has 2 aromatic rings. The minimum atomic E-state index is -0.663. The minimum absolute atomic E-state index is 0.0460. The van der Waals surface area contributed by atoms with Crippen LogP contribution in [0.1, 0.15) is 60.7 Å². The average Bonchev–Trinajstić information content (AvgIpc) is 2.77. The summed E-state index contributed by atoms with van der Waals surface area (Å²) in [6, 6.07) is 5.88. The number of amides is 1. The summed E-state index contributed by atoms with van der Waals surface area (Å²) in [5.74, 6) is -0.941. The van der Waals surface area contributed by atoms with Crippen molar-refractivity contribution in [3.63, 3.8) is 0 Å². The van der Waals surface area contributed by atoms with Gasteiger partial charge in [-0.2, -0.15) is 0 Å². The Morgan fingerprint density at radius 1 is 1.21 bits per heavy atom. The fourth-order valence-electron chi connectivity index (χ4n) is 3.88. The van der Waals surface area contributed by atoms with E-state index in [4.69, 9.17) is 9.47 Å². The molecule has 10 heteroatoms. The molecule has 0 N–H and O–H groups in total. The van der Waals surface area contributed by atoms with Crippen molar-refractivity contribution in [3.05, 3.63) is 51.3 Å². The molecule has 1 aromatic carbocycles. The van der Waals surface area contributed by atoms with Gasteiger partial charge in [-0.05, 0) is 27.2 Å². The van der Waals surface area contributed by atoms with Gasteiger partial charge in [0.05, 0.1) is 29.4 Å². The zero-order valence-electron chi connectivity index (χ0n) is 19.2. The second-order valence-electron chi connectivity index (χ2n) is 7.96. The molecule has 0 bridgehead atoms. The first kappa shape index (κ1) is 24.2. The third-order valence-corrected chi connectivity index (χ3v) is 5.17. The molecular formula is C23H28N4O6. The summed E-state index contributed by atoms with van der Waals surface area (Å²) < 4.78 is 11.0. The second kappa shape index (κ2) is 10.5. The number of non-ortho nitro benzene ring substituents is 1. The zero-order valence-corrected chi connectivity index (χ0v) is 19.2.